The number of amides is 1. The maximum atomic E-state index is 12.6. The van der Waals surface area contributed by atoms with E-state index in [4.69, 9.17) is 14.2 Å². The lowest BCUT2D eigenvalue weighted by Gasteiger charge is -2.32. The van der Waals surface area contributed by atoms with Gasteiger partial charge in [-0.1, -0.05) is 0 Å². The number of nitrogens with zero attached hydrogens (tertiary/aromatic N) is 3. The molecule has 1 aliphatic rings. The quantitative estimate of drug-likeness (QED) is 0.593. The van der Waals surface area contributed by atoms with Crippen molar-refractivity contribution in [2.45, 2.75) is 0 Å². The molecule has 0 N–H and O–H groups in total. The first kappa shape index (κ1) is 18.6. The van der Waals surface area contributed by atoms with Gasteiger partial charge in [0.15, 0.2) is 11.5 Å². The summed E-state index contributed by atoms with van der Waals surface area (Å²) in [4.78, 5) is 16.5. The van der Waals surface area contributed by atoms with E-state index in [1.165, 1.54) is 27.4 Å². The van der Waals surface area contributed by atoms with Crippen LogP contribution < -0.4 is 14.2 Å². The van der Waals surface area contributed by atoms with Crippen molar-refractivity contribution in [3.05, 3.63) is 23.3 Å². The highest BCUT2D eigenvalue weighted by Gasteiger charge is 2.23. The third-order valence-corrected chi connectivity index (χ3v) is 4.18. The number of carbonyl (C=O) groups is 1. The zero-order valence-electron chi connectivity index (χ0n) is 15.0. The van der Waals surface area contributed by atoms with Crippen molar-refractivity contribution < 1.29 is 19.0 Å². The molecule has 0 unspecified atom stereocenters. The highest BCUT2D eigenvalue weighted by molar-refractivity contribution is 6.02. The van der Waals surface area contributed by atoms with Gasteiger partial charge in [0.1, 0.15) is 17.4 Å². The molecule has 1 saturated heterocycles. The number of carbonyl (C=O) groups excluding carboxylic acids is 1. The molecule has 134 valence electrons. The Morgan fingerprint density at radius 2 is 1.60 bits per heavy atom. The zero-order valence-corrected chi connectivity index (χ0v) is 15.0. The molecular formula is C18H23N3O4. The second-order valence-electron chi connectivity index (χ2n) is 5.71. The maximum Gasteiger partial charge on any atom is 0.264 e. The summed E-state index contributed by atoms with van der Waals surface area (Å²) in [6.07, 6.45) is 1.53. The minimum atomic E-state index is -0.271. The molecule has 0 spiro atoms. The smallest absolute Gasteiger partial charge is 0.264 e. The number of hydrogen-bond acceptors (Lipinski definition) is 6. The van der Waals surface area contributed by atoms with Crippen LogP contribution in [-0.2, 0) is 4.79 Å². The fourth-order valence-corrected chi connectivity index (χ4v) is 2.64. The van der Waals surface area contributed by atoms with Crippen LogP contribution in [0, 0.1) is 11.3 Å². The summed E-state index contributed by atoms with van der Waals surface area (Å²) in [5, 5.41) is 9.46. The molecule has 0 atom stereocenters. The number of rotatable bonds is 5. The van der Waals surface area contributed by atoms with Crippen LogP contribution in [0.4, 0.5) is 0 Å². The summed E-state index contributed by atoms with van der Waals surface area (Å²) < 4.78 is 15.9. The Bertz CT molecular complexity index is 701. The van der Waals surface area contributed by atoms with Gasteiger partial charge in [0.05, 0.1) is 21.3 Å². The number of hydrogen-bond donors (Lipinski definition) is 0. The van der Waals surface area contributed by atoms with Crippen LogP contribution in [0.1, 0.15) is 5.56 Å². The Kier molecular flexibility index (Phi) is 6.25. The van der Waals surface area contributed by atoms with Gasteiger partial charge in [-0.3, -0.25) is 4.79 Å². The van der Waals surface area contributed by atoms with Gasteiger partial charge in [0, 0.05) is 37.8 Å². The SMILES string of the molecule is COc1cc(OC)c(OC)cc1/C=C(\C#N)C(=O)N1CCN(C)CC1. The van der Waals surface area contributed by atoms with Crippen molar-refractivity contribution >= 4 is 12.0 Å². The highest BCUT2D eigenvalue weighted by Crippen LogP contribution is 2.35. The molecule has 0 radical (unpaired) electrons. The van der Waals surface area contributed by atoms with Gasteiger partial charge in [-0.2, -0.15) is 5.26 Å². The third kappa shape index (κ3) is 4.22. The summed E-state index contributed by atoms with van der Waals surface area (Å²) in [7, 11) is 6.59. The lowest BCUT2D eigenvalue weighted by atomic mass is 10.1. The fraction of sp³-hybridized carbons (Fsp3) is 0.444. The number of likely N-dealkylation sites (N-methyl/N-ethyl adjacent to an activating group) is 1. The highest BCUT2D eigenvalue weighted by atomic mass is 16.5. The van der Waals surface area contributed by atoms with E-state index < -0.39 is 0 Å². The normalized spacial score (nSPS) is 15.5. The average Bonchev–Trinajstić information content (AvgIpc) is 2.65. The van der Waals surface area contributed by atoms with Crippen LogP contribution in [0.15, 0.2) is 17.7 Å². The van der Waals surface area contributed by atoms with Crippen LogP contribution in [0.3, 0.4) is 0 Å². The number of nitriles is 1. The predicted octanol–water partition coefficient (Wildman–Crippen LogP) is 1.39. The minimum absolute atomic E-state index is 0.0649. The van der Waals surface area contributed by atoms with E-state index in [9.17, 15) is 10.1 Å². The van der Waals surface area contributed by atoms with Gasteiger partial charge in [0.25, 0.3) is 5.91 Å². The number of ether oxygens (including phenoxy) is 3. The number of methoxy groups -OCH3 is 3. The lowest BCUT2D eigenvalue weighted by Crippen LogP contribution is -2.47. The van der Waals surface area contributed by atoms with Crippen molar-refractivity contribution in [3.8, 4) is 23.3 Å². The minimum Gasteiger partial charge on any atom is -0.496 e. The Balaban J connectivity index is 2.35. The van der Waals surface area contributed by atoms with Crippen LogP contribution in [0.5, 0.6) is 17.2 Å². The second-order valence-corrected chi connectivity index (χ2v) is 5.71. The summed E-state index contributed by atoms with van der Waals surface area (Å²) in [6, 6.07) is 5.36. The summed E-state index contributed by atoms with van der Waals surface area (Å²) >= 11 is 0. The van der Waals surface area contributed by atoms with Crippen molar-refractivity contribution in [2.75, 3.05) is 54.6 Å². The van der Waals surface area contributed by atoms with Crippen molar-refractivity contribution in [2.24, 2.45) is 0 Å². The molecule has 1 aliphatic heterocycles. The zero-order chi connectivity index (χ0) is 18.4. The standard InChI is InChI=1S/C18H23N3O4/c1-20-5-7-21(8-6-20)18(22)14(12-19)9-13-10-16(24-3)17(25-4)11-15(13)23-2/h9-11H,5-8H2,1-4H3/b14-9+. The molecule has 2 rings (SSSR count). The summed E-state index contributed by atoms with van der Waals surface area (Å²) in [6.45, 7) is 2.81. The first-order chi connectivity index (χ1) is 12.0. The van der Waals surface area contributed by atoms with Crippen molar-refractivity contribution in [1.29, 1.82) is 5.26 Å². The Morgan fingerprint density at radius 3 is 2.12 bits per heavy atom. The monoisotopic (exact) mass is 345 g/mol. The lowest BCUT2D eigenvalue weighted by molar-refractivity contribution is -0.128. The molecular weight excluding hydrogens is 322 g/mol. The second kappa shape index (κ2) is 8.40. The van der Waals surface area contributed by atoms with Crippen molar-refractivity contribution in [1.82, 2.24) is 9.80 Å². The van der Waals surface area contributed by atoms with Crippen LogP contribution in [0.2, 0.25) is 0 Å². The van der Waals surface area contributed by atoms with Gasteiger partial charge in [0.2, 0.25) is 0 Å². The average molecular weight is 345 g/mol. The van der Waals surface area contributed by atoms with E-state index in [-0.39, 0.29) is 11.5 Å². The molecule has 1 aromatic rings. The molecule has 1 aromatic carbocycles. The Hall–Kier alpha value is -2.72. The van der Waals surface area contributed by atoms with Gasteiger partial charge < -0.3 is 24.0 Å². The van der Waals surface area contributed by atoms with Crippen LogP contribution in [0.25, 0.3) is 6.08 Å². The van der Waals surface area contributed by atoms with Crippen LogP contribution >= 0.6 is 0 Å². The van der Waals surface area contributed by atoms with Gasteiger partial charge in [-0.25, -0.2) is 0 Å². The maximum absolute atomic E-state index is 12.6. The van der Waals surface area contributed by atoms with Gasteiger partial charge >= 0.3 is 0 Å². The van der Waals surface area contributed by atoms with E-state index in [0.717, 1.165) is 13.1 Å². The Morgan fingerprint density at radius 1 is 1.04 bits per heavy atom. The van der Waals surface area contributed by atoms with Crippen molar-refractivity contribution in [3.63, 3.8) is 0 Å². The molecule has 0 aliphatic carbocycles. The van der Waals surface area contributed by atoms with Gasteiger partial charge in [-0.15, -0.1) is 0 Å². The van der Waals surface area contributed by atoms with Gasteiger partial charge in [-0.05, 0) is 19.2 Å². The first-order valence-corrected chi connectivity index (χ1v) is 7.93. The molecule has 1 heterocycles. The molecule has 0 aromatic heterocycles. The molecule has 25 heavy (non-hydrogen) atoms. The molecule has 7 nitrogen and oxygen atoms in total. The number of benzene rings is 1. The van der Waals surface area contributed by atoms with E-state index >= 15 is 0 Å². The predicted molar refractivity (Wildman–Crippen MR) is 93.8 cm³/mol. The largest absolute Gasteiger partial charge is 0.496 e. The van der Waals surface area contributed by atoms with Crippen LogP contribution in [-0.4, -0.2) is 70.3 Å². The summed E-state index contributed by atoms with van der Waals surface area (Å²) in [5.74, 6) is 1.24. The topological polar surface area (TPSA) is 75.0 Å². The van der Waals surface area contributed by atoms with E-state index in [0.29, 0.717) is 35.9 Å². The number of piperazine rings is 1. The third-order valence-electron chi connectivity index (χ3n) is 4.18. The molecule has 1 amide bonds. The molecule has 0 bridgehead atoms. The molecule has 7 heteroatoms. The van der Waals surface area contributed by atoms with E-state index in [1.54, 1.807) is 17.0 Å². The Labute approximate surface area is 148 Å². The first-order valence-electron chi connectivity index (χ1n) is 7.93. The molecule has 0 saturated carbocycles. The van der Waals surface area contributed by atoms with E-state index in [1.807, 2.05) is 13.1 Å². The summed E-state index contributed by atoms with van der Waals surface area (Å²) in [5.41, 5.74) is 0.647. The van der Waals surface area contributed by atoms with E-state index in [2.05, 4.69) is 4.90 Å². The fourth-order valence-electron chi connectivity index (χ4n) is 2.64. The molecule has 1 fully saturated rings.